The summed E-state index contributed by atoms with van der Waals surface area (Å²) in [6, 6.07) is 49.4. The van der Waals surface area contributed by atoms with Crippen molar-refractivity contribution in [1.82, 2.24) is 15.0 Å². The minimum Gasteiger partial charge on any atom is -0.455 e. The number of para-hydroxylation sites is 1. The molecule has 0 bridgehead atoms. The molecule has 0 atom stereocenters. The number of benzene rings is 7. The lowest BCUT2D eigenvalue weighted by atomic mass is 9.95. The predicted molar refractivity (Wildman–Crippen MR) is 232 cm³/mol. The number of aryl methyl sites for hydroxylation is 1. The molecule has 1 aliphatic carbocycles. The zero-order valence-corrected chi connectivity index (χ0v) is 31.0. The molecule has 7 aromatic carbocycles. The highest BCUT2D eigenvalue weighted by Gasteiger charge is 2.24. The summed E-state index contributed by atoms with van der Waals surface area (Å²) in [4.78, 5) is 17.4. The Kier molecular flexibility index (Phi) is 6.76. The summed E-state index contributed by atoms with van der Waals surface area (Å²) in [5.74, 6) is 1.92. The Bertz CT molecular complexity index is 3400. The first-order valence-corrected chi connectivity index (χ1v) is 20.2. The average Bonchev–Trinajstić information content (AvgIpc) is 3.95. The lowest BCUT2D eigenvalue weighted by Crippen LogP contribution is -2.01. The Labute approximate surface area is 323 Å². The summed E-state index contributed by atoms with van der Waals surface area (Å²) in [5.41, 5.74) is 8.04. The smallest absolute Gasteiger partial charge is 0.164 e. The molecule has 0 N–H and O–H groups in total. The molecule has 0 radical (unpaired) electrons. The first-order chi connectivity index (χ1) is 27.2. The maximum atomic E-state index is 6.85. The lowest BCUT2D eigenvalue weighted by Gasteiger charge is -2.13. The lowest BCUT2D eigenvalue weighted by molar-refractivity contribution is 0.670. The molecule has 0 fully saturated rings. The topological polar surface area (TPSA) is 51.8 Å². The van der Waals surface area contributed by atoms with Crippen molar-refractivity contribution < 1.29 is 4.42 Å². The highest BCUT2D eigenvalue weighted by molar-refractivity contribution is 7.26. The number of fused-ring (bicyclic) bond motifs is 10. The highest BCUT2D eigenvalue weighted by atomic mass is 32.1. The third-order valence-corrected chi connectivity index (χ3v) is 13.4. The Morgan fingerprint density at radius 1 is 0.491 bits per heavy atom. The van der Waals surface area contributed by atoms with Gasteiger partial charge in [0.15, 0.2) is 17.5 Å². The van der Waals surface area contributed by atoms with Crippen LogP contribution in [0.25, 0.3) is 114 Å². The second kappa shape index (κ2) is 12.0. The Morgan fingerprint density at radius 3 is 2.07 bits per heavy atom. The molecule has 6 heteroatoms. The first kappa shape index (κ1) is 30.9. The zero-order valence-electron chi connectivity index (χ0n) is 29.4. The molecule has 55 heavy (non-hydrogen) atoms. The molecule has 12 rings (SSSR count). The monoisotopic (exact) mass is 739 g/mol. The van der Waals surface area contributed by atoms with E-state index in [2.05, 4.69) is 146 Å². The Hall–Kier alpha value is -6.47. The van der Waals surface area contributed by atoms with E-state index in [4.69, 9.17) is 19.4 Å². The maximum Gasteiger partial charge on any atom is 0.164 e. The number of hydrogen-bond acceptors (Lipinski definition) is 6. The van der Waals surface area contributed by atoms with E-state index in [0.29, 0.717) is 17.5 Å². The number of rotatable bonds is 4. The van der Waals surface area contributed by atoms with Gasteiger partial charge in [0.25, 0.3) is 0 Å². The largest absolute Gasteiger partial charge is 0.455 e. The van der Waals surface area contributed by atoms with Crippen molar-refractivity contribution in [1.29, 1.82) is 0 Å². The van der Waals surface area contributed by atoms with Crippen LogP contribution in [0.2, 0.25) is 0 Å². The van der Waals surface area contributed by atoms with Crippen LogP contribution in [0.4, 0.5) is 0 Å². The van der Waals surface area contributed by atoms with Gasteiger partial charge in [0, 0.05) is 68.2 Å². The standard InChI is InChI=1S/C49H29N3OS2/c1-2-12-29-27-30(24-23-28(29)11-1)47-50-48(36-17-10-22-42-44(36)35-15-5-8-20-40(35)55-42)52-49(51-47)37-26-25-32(46-45(37)33-13-3-6-18-38(33)53-46)31-16-9-21-41-43(31)34-14-4-7-19-39(34)54-41/h1-7,9-19,21-27H,8,20H2. The molecule has 0 aliphatic heterocycles. The Morgan fingerprint density at radius 2 is 1.18 bits per heavy atom. The van der Waals surface area contributed by atoms with Crippen molar-refractivity contribution in [3.8, 4) is 45.3 Å². The minimum atomic E-state index is 0.618. The van der Waals surface area contributed by atoms with Gasteiger partial charge < -0.3 is 4.42 Å². The quantitative estimate of drug-likeness (QED) is 0.180. The maximum absolute atomic E-state index is 6.85. The molecule has 1 aliphatic rings. The van der Waals surface area contributed by atoms with Crippen molar-refractivity contribution in [2.75, 3.05) is 0 Å². The number of furan rings is 1. The molecule has 0 saturated carbocycles. The van der Waals surface area contributed by atoms with Crippen LogP contribution in [0.15, 0.2) is 150 Å². The van der Waals surface area contributed by atoms with Crippen LogP contribution in [-0.2, 0) is 6.42 Å². The van der Waals surface area contributed by atoms with Crippen LogP contribution >= 0.6 is 22.7 Å². The van der Waals surface area contributed by atoms with Gasteiger partial charge in [-0.3, -0.25) is 0 Å². The fourth-order valence-electron chi connectivity index (χ4n) is 8.49. The van der Waals surface area contributed by atoms with Crippen LogP contribution in [-0.4, -0.2) is 15.0 Å². The average molecular weight is 740 g/mol. The summed E-state index contributed by atoms with van der Waals surface area (Å²) in [5, 5.41) is 8.08. The van der Waals surface area contributed by atoms with Gasteiger partial charge in [0.2, 0.25) is 0 Å². The van der Waals surface area contributed by atoms with E-state index in [9.17, 15) is 0 Å². The number of hydrogen-bond donors (Lipinski definition) is 0. The SMILES string of the molecule is C1=Cc2c(sc3cccc(-c4nc(-c5ccc6ccccc6c5)nc(-c5ccc(-c6cccc7sc8ccccc8c67)c6oc7ccccc7c56)n4)c23)CC1. The van der Waals surface area contributed by atoms with Gasteiger partial charge in [-0.1, -0.05) is 109 Å². The van der Waals surface area contributed by atoms with Gasteiger partial charge in [-0.2, -0.15) is 0 Å². The summed E-state index contributed by atoms with van der Waals surface area (Å²) in [6.07, 6.45) is 6.69. The number of nitrogens with zero attached hydrogens (tertiary/aromatic N) is 3. The van der Waals surface area contributed by atoms with Crippen LogP contribution < -0.4 is 0 Å². The van der Waals surface area contributed by atoms with E-state index in [-0.39, 0.29) is 0 Å². The fourth-order valence-corrected chi connectivity index (χ4v) is 10.9. The van der Waals surface area contributed by atoms with Crippen molar-refractivity contribution >= 4 is 91.7 Å². The Balaban J connectivity index is 1.15. The van der Waals surface area contributed by atoms with E-state index in [1.165, 1.54) is 46.1 Å². The highest BCUT2D eigenvalue weighted by Crippen LogP contribution is 2.46. The second-order valence-electron chi connectivity index (χ2n) is 14.2. The molecule has 258 valence electrons. The van der Waals surface area contributed by atoms with Crippen LogP contribution in [0, 0.1) is 0 Å². The summed E-state index contributed by atoms with van der Waals surface area (Å²) < 4.78 is 10.6. The molecular formula is C49H29N3OS2. The van der Waals surface area contributed by atoms with Crippen molar-refractivity contribution in [2.45, 2.75) is 12.8 Å². The molecule has 4 nitrogen and oxygen atoms in total. The van der Waals surface area contributed by atoms with E-state index in [0.717, 1.165) is 68.0 Å². The van der Waals surface area contributed by atoms with Gasteiger partial charge >= 0.3 is 0 Å². The molecule has 0 saturated heterocycles. The third-order valence-electron chi connectivity index (χ3n) is 11.0. The zero-order chi connectivity index (χ0) is 36.0. The summed E-state index contributed by atoms with van der Waals surface area (Å²) in [7, 11) is 0. The van der Waals surface area contributed by atoms with Gasteiger partial charge in [-0.15, -0.1) is 22.7 Å². The second-order valence-corrected chi connectivity index (χ2v) is 16.4. The first-order valence-electron chi connectivity index (χ1n) is 18.6. The van der Waals surface area contributed by atoms with Crippen LogP contribution in [0.1, 0.15) is 16.9 Å². The molecule has 4 aromatic heterocycles. The molecule has 0 amide bonds. The molecular weight excluding hydrogens is 711 g/mol. The van der Waals surface area contributed by atoms with Crippen molar-refractivity contribution in [2.24, 2.45) is 0 Å². The van der Waals surface area contributed by atoms with Crippen molar-refractivity contribution in [3.05, 3.63) is 156 Å². The third kappa shape index (κ3) is 4.78. The van der Waals surface area contributed by atoms with Gasteiger partial charge in [-0.05, 0) is 77.2 Å². The van der Waals surface area contributed by atoms with Gasteiger partial charge in [0.05, 0.1) is 0 Å². The number of aromatic nitrogens is 3. The minimum absolute atomic E-state index is 0.618. The molecule has 0 spiro atoms. The number of allylic oxidation sites excluding steroid dienone is 1. The normalized spacial score (nSPS) is 12.9. The number of thiophene rings is 2. The predicted octanol–water partition coefficient (Wildman–Crippen LogP) is 14.1. The van der Waals surface area contributed by atoms with Gasteiger partial charge in [-0.25, -0.2) is 15.0 Å². The van der Waals surface area contributed by atoms with E-state index >= 15 is 0 Å². The van der Waals surface area contributed by atoms with E-state index in [1.807, 2.05) is 28.7 Å². The van der Waals surface area contributed by atoms with Gasteiger partial charge in [0.1, 0.15) is 11.2 Å². The molecule has 0 unspecified atom stereocenters. The van der Waals surface area contributed by atoms with E-state index < -0.39 is 0 Å². The summed E-state index contributed by atoms with van der Waals surface area (Å²) >= 11 is 3.71. The van der Waals surface area contributed by atoms with E-state index in [1.54, 1.807) is 0 Å². The molecule has 4 heterocycles. The van der Waals surface area contributed by atoms with Crippen LogP contribution in [0.5, 0.6) is 0 Å². The molecule has 11 aromatic rings. The fraction of sp³-hybridized carbons (Fsp3) is 0.0408. The summed E-state index contributed by atoms with van der Waals surface area (Å²) in [6.45, 7) is 0. The van der Waals surface area contributed by atoms with Crippen LogP contribution in [0.3, 0.4) is 0 Å². The van der Waals surface area contributed by atoms with Crippen molar-refractivity contribution in [3.63, 3.8) is 0 Å².